The van der Waals surface area contributed by atoms with Crippen molar-refractivity contribution in [2.45, 2.75) is 0 Å². The van der Waals surface area contributed by atoms with Crippen LogP contribution in [0.4, 0.5) is 4.39 Å². The highest BCUT2D eigenvalue weighted by Crippen LogP contribution is 1.96. The quantitative estimate of drug-likeness (QED) is 0.477. The molecule has 0 spiro atoms. The van der Waals surface area contributed by atoms with Crippen molar-refractivity contribution in [1.82, 2.24) is 5.32 Å². The van der Waals surface area contributed by atoms with E-state index < -0.39 is 0 Å². The fraction of sp³-hybridized carbons (Fsp3) is 0.200. The number of dihydropyridines is 1. The van der Waals surface area contributed by atoms with Gasteiger partial charge in [0.15, 0.2) is 0 Å². The van der Waals surface area contributed by atoms with Crippen LogP contribution in [-0.4, -0.2) is 6.54 Å². The molecule has 0 aromatic rings. The molecule has 1 N–H and O–H groups in total. The number of allylic oxidation sites excluding steroid dienone is 2. The summed E-state index contributed by atoms with van der Waals surface area (Å²) in [4.78, 5) is 0. The Kier molecular flexibility index (Phi) is 1.11. The third-order valence-corrected chi connectivity index (χ3v) is 0.762. The Morgan fingerprint density at radius 3 is 2.86 bits per heavy atom. The van der Waals surface area contributed by atoms with Crippen molar-refractivity contribution < 1.29 is 4.39 Å². The van der Waals surface area contributed by atoms with E-state index in [0.29, 0.717) is 6.54 Å². The molecule has 1 nitrogen and oxygen atoms in total. The van der Waals surface area contributed by atoms with Gasteiger partial charge < -0.3 is 5.32 Å². The van der Waals surface area contributed by atoms with E-state index >= 15 is 0 Å². The number of halogens is 1. The van der Waals surface area contributed by atoms with Crippen molar-refractivity contribution in [1.29, 1.82) is 0 Å². The van der Waals surface area contributed by atoms with Crippen molar-refractivity contribution in [3.8, 4) is 0 Å². The first-order chi connectivity index (χ1) is 3.39. The van der Waals surface area contributed by atoms with E-state index in [1.165, 1.54) is 6.08 Å². The van der Waals surface area contributed by atoms with Crippen molar-refractivity contribution >= 4 is 0 Å². The van der Waals surface area contributed by atoms with Gasteiger partial charge in [0.05, 0.1) is 6.54 Å². The van der Waals surface area contributed by atoms with E-state index in [4.69, 9.17) is 0 Å². The van der Waals surface area contributed by atoms with Gasteiger partial charge in [0.1, 0.15) is 5.83 Å². The average molecular weight is 99.1 g/mol. The van der Waals surface area contributed by atoms with Gasteiger partial charge in [-0.15, -0.1) is 0 Å². The molecular formula is C5H6FN. The van der Waals surface area contributed by atoms with E-state index in [1.54, 1.807) is 12.3 Å². The van der Waals surface area contributed by atoms with Crippen LogP contribution < -0.4 is 5.32 Å². The Balaban J connectivity index is 2.57. The maximum Gasteiger partial charge on any atom is 0.119 e. The van der Waals surface area contributed by atoms with E-state index in [2.05, 4.69) is 5.32 Å². The first-order valence-electron chi connectivity index (χ1n) is 2.14. The van der Waals surface area contributed by atoms with Crippen molar-refractivity contribution in [3.63, 3.8) is 0 Å². The fourth-order valence-corrected chi connectivity index (χ4v) is 0.436. The van der Waals surface area contributed by atoms with Crippen molar-refractivity contribution in [2.24, 2.45) is 0 Å². The van der Waals surface area contributed by atoms with Crippen molar-refractivity contribution in [3.05, 3.63) is 24.2 Å². The van der Waals surface area contributed by atoms with Gasteiger partial charge >= 0.3 is 0 Å². The largest absolute Gasteiger partial charge is 0.384 e. The Hall–Kier alpha value is -0.790. The summed E-state index contributed by atoms with van der Waals surface area (Å²) in [6.45, 7) is 0.344. The molecule has 0 amide bonds. The van der Waals surface area contributed by atoms with E-state index in [1.807, 2.05) is 0 Å². The monoisotopic (exact) mass is 99.0 g/mol. The highest BCUT2D eigenvalue weighted by molar-refractivity contribution is 5.12. The maximum absolute atomic E-state index is 11.9. The highest BCUT2D eigenvalue weighted by Gasteiger charge is 1.91. The summed E-state index contributed by atoms with van der Waals surface area (Å²) in [5.74, 6) is -0.109. The standard InChI is InChI=1S/C5H6FN/c6-5-2-1-3-7-4-5/h1-3,7H,4H2. The molecule has 1 heterocycles. The number of rotatable bonds is 0. The van der Waals surface area contributed by atoms with E-state index in [-0.39, 0.29) is 5.83 Å². The summed E-state index contributed by atoms with van der Waals surface area (Å²) in [5.41, 5.74) is 0. The zero-order valence-electron chi connectivity index (χ0n) is 3.82. The second-order valence-electron chi connectivity index (χ2n) is 1.35. The first-order valence-corrected chi connectivity index (χ1v) is 2.14. The lowest BCUT2D eigenvalue weighted by molar-refractivity contribution is 0.594. The van der Waals surface area contributed by atoms with Gasteiger partial charge in [-0.3, -0.25) is 0 Å². The van der Waals surface area contributed by atoms with Crippen LogP contribution in [0.15, 0.2) is 24.2 Å². The summed E-state index contributed by atoms with van der Waals surface area (Å²) in [6, 6.07) is 0. The molecule has 38 valence electrons. The third-order valence-electron chi connectivity index (χ3n) is 0.762. The third kappa shape index (κ3) is 1.03. The molecule has 0 bridgehead atoms. The molecule has 1 rings (SSSR count). The minimum absolute atomic E-state index is 0.109. The van der Waals surface area contributed by atoms with Gasteiger partial charge in [0.2, 0.25) is 0 Å². The number of hydrogen-bond acceptors (Lipinski definition) is 1. The lowest BCUT2D eigenvalue weighted by Gasteiger charge is -1.99. The minimum Gasteiger partial charge on any atom is -0.384 e. The summed E-state index contributed by atoms with van der Waals surface area (Å²) in [5, 5.41) is 2.71. The molecule has 0 aromatic carbocycles. The number of hydrogen-bond donors (Lipinski definition) is 1. The van der Waals surface area contributed by atoms with Gasteiger partial charge in [-0.1, -0.05) is 0 Å². The predicted molar refractivity (Wildman–Crippen MR) is 26.3 cm³/mol. The van der Waals surface area contributed by atoms with Crippen LogP contribution in [0.1, 0.15) is 0 Å². The summed E-state index contributed by atoms with van der Waals surface area (Å²) in [7, 11) is 0. The van der Waals surface area contributed by atoms with Crippen LogP contribution >= 0.6 is 0 Å². The summed E-state index contributed by atoms with van der Waals surface area (Å²) >= 11 is 0. The van der Waals surface area contributed by atoms with E-state index in [0.717, 1.165) is 0 Å². The van der Waals surface area contributed by atoms with Crippen molar-refractivity contribution in [2.75, 3.05) is 6.54 Å². The minimum atomic E-state index is -0.109. The zero-order chi connectivity index (χ0) is 5.11. The second-order valence-corrected chi connectivity index (χ2v) is 1.35. The average Bonchev–Trinajstić information content (AvgIpc) is 1.69. The Morgan fingerprint density at radius 1 is 1.71 bits per heavy atom. The van der Waals surface area contributed by atoms with Crippen LogP contribution in [0, 0.1) is 0 Å². The fourth-order valence-electron chi connectivity index (χ4n) is 0.436. The molecule has 0 unspecified atom stereocenters. The highest BCUT2D eigenvalue weighted by atomic mass is 19.1. The molecule has 2 heteroatoms. The SMILES string of the molecule is FC1=CC=CNC1. The molecule has 1 aliphatic heterocycles. The molecule has 1 aliphatic rings. The second kappa shape index (κ2) is 1.78. The molecule has 7 heavy (non-hydrogen) atoms. The molecule has 0 atom stereocenters. The van der Waals surface area contributed by atoms with Crippen LogP contribution in [0.25, 0.3) is 0 Å². The summed E-state index contributed by atoms with van der Waals surface area (Å²) in [6.07, 6.45) is 4.79. The molecule has 0 fully saturated rings. The first kappa shape index (κ1) is 4.37. The number of nitrogens with one attached hydrogen (secondary N) is 1. The lowest BCUT2D eigenvalue weighted by atomic mass is 10.4. The maximum atomic E-state index is 11.9. The smallest absolute Gasteiger partial charge is 0.119 e. The molecule has 0 saturated carbocycles. The normalized spacial score (nSPS) is 18.1. The Labute approximate surface area is 41.5 Å². The van der Waals surface area contributed by atoms with Crippen LogP contribution in [0.3, 0.4) is 0 Å². The van der Waals surface area contributed by atoms with Gasteiger partial charge in [0, 0.05) is 0 Å². The Morgan fingerprint density at radius 2 is 2.57 bits per heavy atom. The predicted octanol–water partition coefficient (Wildman–Crippen LogP) is 0.957. The van der Waals surface area contributed by atoms with Gasteiger partial charge in [0.25, 0.3) is 0 Å². The van der Waals surface area contributed by atoms with E-state index in [9.17, 15) is 4.39 Å². The molecule has 0 aromatic heterocycles. The lowest BCUT2D eigenvalue weighted by Crippen LogP contribution is -2.09. The van der Waals surface area contributed by atoms with Crippen LogP contribution in [0.5, 0.6) is 0 Å². The topological polar surface area (TPSA) is 12.0 Å². The van der Waals surface area contributed by atoms with Crippen LogP contribution in [0.2, 0.25) is 0 Å². The van der Waals surface area contributed by atoms with Gasteiger partial charge in [-0.05, 0) is 18.4 Å². The molecular weight excluding hydrogens is 93.1 g/mol. The molecule has 0 saturated heterocycles. The molecule has 0 radical (unpaired) electrons. The van der Waals surface area contributed by atoms with Gasteiger partial charge in [-0.25, -0.2) is 4.39 Å². The van der Waals surface area contributed by atoms with Crippen LogP contribution in [-0.2, 0) is 0 Å². The summed E-state index contributed by atoms with van der Waals surface area (Å²) < 4.78 is 11.9. The molecule has 0 aliphatic carbocycles. The zero-order valence-corrected chi connectivity index (χ0v) is 3.82. The van der Waals surface area contributed by atoms with Gasteiger partial charge in [-0.2, -0.15) is 0 Å². The Bertz CT molecular complexity index is 115.